The van der Waals surface area contributed by atoms with Crippen LogP contribution in [0.15, 0.2) is 6.07 Å². The Kier molecular flexibility index (Phi) is 3.19. The third-order valence-electron chi connectivity index (χ3n) is 2.30. The van der Waals surface area contributed by atoms with Crippen molar-refractivity contribution in [2.45, 2.75) is 26.8 Å². The molecule has 0 aliphatic rings. The van der Waals surface area contributed by atoms with Crippen LogP contribution in [0, 0.1) is 25.5 Å². The second-order valence-electron chi connectivity index (χ2n) is 3.64. The van der Waals surface area contributed by atoms with E-state index in [0.29, 0.717) is 0 Å². The fourth-order valence-electron chi connectivity index (χ4n) is 1.36. The Labute approximate surface area is 87.1 Å². The van der Waals surface area contributed by atoms with Crippen molar-refractivity contribution in [2.24, 2.45) is 5.73 Å². The van der Waals surface area contributed by atoms with Crippen LogP contribution in [0.1, 0.15) is 28.4 Å². The number of rotatable bonds is 2. The van der Waals surface area contributed by atoms with Crippen molar-refractivity contribution < 1.29 is 13.6 Å². The predicted molar refractivity (Wildman–Crippen MR) is 53.8 cm³/mol. The molecule has 0 amide bonds. The summed E-state index contributed by atoms with van der Waals surface area (Å²) in [6, 6.07) is 0.238. The number of hydrogen-bond acceptors (Lipinski definition) is 2. The summed E-state index contributed by atoms with van der Waals surface area (Å²) in [7, 11) is 0. The smallest absolute Gasteiger partial charge is 0.182 e. The molecule has 1 atom stereocenters. The van der Waals surface area contributed by atoms with Crippen molar-refractivity contribution in [1.82, 2.24) is 0 Å². The molecule has 1 aromatic rings. The van der Waals surface area contributed by atoms with Crippen molar-refractivity contribution in [3.05, 3.63) is 34.4 Å². The van der Waals surface area contributed by atoms with Crippen molar-refractivity contribution in [1.29, 1.82) is 0 Å². The van der Waals surface area contributed by atoms with E-state index in [1.807, 2.05) is 0 Å². The van der Waals surface area contributed by atoms with Gasteiger partial charge in [0.05, 0.1) is 11.6 Å². The molecule has 0 saturated heterocycles. The molecule has 2 N–H and O–H groups in total. The first-order chi connectivity index (χ1) is 6.86. The Hall–Kier alpha value is -1.29. The third-order valence-corrected chi connectivity index (χ3v) is 2.30. The van der Waals surface area contributed by atoms with Gasteiger partial charge in [0.25, 0.3) is 0 Å². The van der Waals surface area contributed by atoms with Gasteiger partial charge in [0.15, 0.2) is 5.78 Å². The summed E-state index contributed by atoms with van der Waals surface area (Å²) in [5, 5.41) is 0. The topological polar surface area (TPSA) is 43.1 Å². The lowest BCUT2D eigenvalue weighted by atomic mass is 9.97. The van der Waals surface area contributed by atoms with Gasteiger partial charge in [-0.05, 0) is 38.0 Å². The maximum atomic E-state index is 13.6. The first-order valence-electron chi connectivity index (χ1n) is 4.61. The summed E-state index contributed by atoms with van der Waals surface area (Å²) >= 11 is 0. The fourth-order valence-corrected chi connectivity index (χ4v) is 1.36. The highest BCUT2D eigenvalue weighted by Gasteiger charge is 2.22. The highest BCUT2D eigenvalue weighted by Crippen LogP contribution is 2.21. The second-order valence-corrected chi connectivity index (χ2v) is 3.64. The van der Waals surface area contributed by atoms with E-state index in [-0.39, 0.29) is 16.7 Å². The Bertz CT molecular complexity index is 387. The zero-order valence-electron chi connectivity index (χ0n) is 8.90. The number of ketones is 1. The number of carbonyl (C=O) groups excluding carboxylic acids is 1. The first-order valence-corrected chi connectivity index (χ1v) is 4.61. The van der Waals surface area contributed by atoms with Gasteiger partial charge in [-0.1, -0.05) is 0 Å². The Morgan fingerprint density at radius 2 is 1.93 bits per heavy atom. The van der Waals surface area contributed by atoms with E-state index in [2.05, 4.69) is 0 Å². The molecule has 1 unspecified atom stereocenters. The van der Waals surface area contributed by atoms with E-state index >= 15 is 0 Å². The molecule has 1 rings (SSSR count). The van der Waals surface area contributed by atoms with E-state index in [1.165, 1.54) is 20.8 Å². The predicted octanol–water partition coefficient (Wildman–Crippen LogP) is 2.11. The summed E-state index contributed by atoms with van der Waals surface area (Å²) in [6.45, 7) is 4.23. The minimum Gasteiger partial charge on any atom is -0.321 e. The van der Waals surface area contributed by atoms with Crippen LogP contribution in [0.25, 0.3) is 0 Å². The standard InChI is InChI=1S/C11H13F2NO/c1-5-4-8(12)6(2)9(10(5)13)11(15)7(3)14/h4,7H,14H2,1-3H3. The Morgan fingerprint density at radius 3 is 2.40 bits per heavy atom. The van der Waals surface area contributed by atoms with Crippen LogP contribution in [0.3, 0.4) is 0 Å². The van der Waals surface area contributed by atoms with E-state index in [4.69, 9.17) is 5.73 Å². The minimum atomic E-state index is -0.834. The molecule has 0 saturated carbocycles. The van der Waals surface area contributed by atoms with Gasteiger partial charge in [0.2, 0.25) is 0 Å². The van der Waals surface area contributed by atoms with Crippen molar-refractivity contribution in [2.75, 3.05) is 0 Å². The van der Waals surface area contributed by atoms with Gasteiger partial charge in [-0.15, -0.1) is 0 Å². The third kappa shape index (κ3) is 2.04. The first kappa shape index (κ1) is 11.8. The number of benzene rings is 1. The molecule has 0 heterocycles. The average Bonchev–Trinajstić information content (AvgIpc) is 2.15. The van der Waals surface area contributed by atoms with Crippen LogP contribution in [0.4, 0.5) is 8.78 Å². The molecular formula is C11H13F2NO. The van der Waals surface area contributed by atoms with Gasteiger partial charge in [-0.2, -0.15) is 0 Å². The highest BCUT2D eigenvalue weighted by molar-refractivity contribution is 6.01. The van der Waals surface area contributed by atoms with Gasteiger partial charge in [-0.3, -0.25) is 4.79 Å². The van der Waals surface area contributed by atoms with E-state index in [0.717, 1.165) is 6.07 Å². The van der Waals surface area contributed by atoms with Crippen LogP contribution in [0.2, 0.25) is 0 Å². The second kappa shape index (κ2) is 4.06. The van der Waals surface area contributed by atoms with Crippen LogP contribution in [-0.2, 0) is 0 Å². The Morgan fingerprint density at radius 1 is 1.40 bits per heavy atom. The van der Waals surface area contributed by atoms with E-state index in [1.54, 1.807) is 0 Å². The number of Topliss-reactive ketones (excluding diaryl/α,β-unsaturated/α-hetero) is 1. The average molecular weight is 213 g/mol. The lowest BCUT2D eigenvalue weighted by Gasteiger charge is -2.11. The summed E-state index contributed by atoms with van der Waals surface area (Å²) in [4.78, 5) is 11.6. The van der Waals surface area contributed by atoms with Gasteiger partial charge < -0.3 is 5.73 Å². The van der Waals surface area contributed by atoms with Gasteiger partial charge in [0.1, 0.15) is 11.6 Å². The quantitative estimate of drug-likeness (QED) is 0.764. The molecule has 4 heteroatoms. The number of nitrogens with two attached hydrogens (primary N) is 1. The molecular weight excluding hydrogens is 200 g/mol. The van der Waals surface area contributed by atoms with E-state index in [9.17, 15) is 13.6 Å². The normalized spacial score (nSPS) is 12.7. The summed E-state index contributed by atoms with van der Waals surface area (Å²) in [5.41, 5.74) is 5.26. The number of hydrogen-bond donors (Lipinski definition) is 1. The maximum Gasteiger partial charge on any atom is 0.182 e. The van der Waals surface area contributed by atoms with Crippen LogP contribution in [0.5, 0.6) is 0 Å². The van der Waals surface area contributed by atoms with E-state index < -0.39 is 23.5 Å². The number of halogens is 2. The molecule has 1 aromatic carbocycles. The molecule has 0 bridgehead atoms. The van der Waals surface area contributed by atoms with Gasteiger partial charge in [0, 0.05) is 0 Å². The van der Waals surface area contributed by atoms with Crippen LogP contribution < -0.4 is 5.73 Å². The van der Waals surface area contributed by atoms with Crippen LogP contribution in [-0.4, -0.2) is 11.8 Å². The summed E-state index contributed by atoms with van der Waals surface area (Å²) in [5.74, 6) is -1.85. The molecule has 0 aliphatic heterocycles. The molecule has 15 heavy (non-hydrogen) atoms. The van der Waals surface area contributed by atoms with Crippen molar-refractivity contribution in [3.8, 4) is 0 Å². The lowest BCUT2D eigenvalue weighted by Crippen LogP contribution is -2.28. The zero-order valence-corrected chi connectivity index (χ0v) is 8.90. The van der Waals surface area contributed by atoms with Crippen molar-refractivity contribution >= 4 is 5.78 Å². The molecule has 0 spiro atoms. The lowest BCUT2D eigenvalue weighted by molar-refractivity contribution is 0.0962. The molecule has 82 valence electrons. The zero-order chi connectivity index (χ0) is 11.7. The minimum absolute atomic E-state index is 0.0143. The van der Waals surface area contributed by atoms with Gasteiger partial charge >= 0.3 is 0 Å². The fraction of sp³-hybridized carbons (Fsp3) is 0.364. The van der Waals surface area contributed by atoms with Crippen molar-refractivity contribution in [3.63, 3.8) is 0 Å². The maximum absolute atomic E-state index is 13.6. The number of carbonyl (C=O) groups is 1. The Balaban J connectivity index is 3.46. The molecule has 0 radical (unpaired) electrons. The molecule has 0 aromatic heterocycles. The molecule has 0 fully saturated rings. The summed E-state index contributed by atoms with van der Waals surface area (Å²) < 4.78 is 26.9. The monoisotopic (exact) mass is 213 g/mol. The van der Waals surface area contributed by atoms with Crippen LogP contribution >= 0.6 is 0 Å². The molecule has 0 aliphatic carbocycles. The SMILES string of the molecule is Cc1cc(F)c(C)c(C(=O)C(C)N)c1F. The largest absolute Gasteiger partial charge is 0.321 e. The molecule has 2 nitrogen and oxygen atoms in total. The highest BCUT2D eigenvalue weighted by atomic mass is 19.1. The van der Waals surface area contributed by atoms with Gasteiger partial charge in [-0.25, -0.2) is 8.78 Å². The summed E-state index contributed by atoms with van der Waals surface area (Å²) in [6.07, 6.45) is 0. The number of aryl methyl sites for hydroxylation is 1.